The largest absolute Gasteiger partial charge is 0.483 e. The molecule has 220 valence electrons. The van der Waals surface area contributed by atoms with Crippen LogP contribution in [0.4, 0.5) is 0 Å². The molecule has 13 heteroatoms. The number of nitrogens with zero attached hydrogens (tertiary/aromatic N) is 3. The Morgan fingerprint density at radius 1 is 1.17 bits per heavy atom. The number of guanidine groups is 1. The van der Waals surface area contributed by atoms with Gasteiger partial charge >= 0.3 is 17.3 Å². The molecule has 0 bridgehead atoms. The third-order valence-electron chi connectivity index (χ3n) is 7.48. The van der Waals surface area contributed by atoms with Gasteiger partial charge in [-0.1, -0.05) is 6.08 Å². The van der Waals surface area contributed by atoms with Crippen molar-refractivity contribution in [3.05, 3.63) is 86.2 Å². The van der Waals surface area contributed by atoms with Gasteiger partial charge in [-0.15, -0.1) is 0 Å². The number of fused-ring (bicyclic) bond motifs is 5. The van der Waals surface area contributed by atoms with E-state index >= 15 is 0 Å². The Morgan fingerprint density at radius 2 is 1.88 bits per heavy atom. The molecule has 0 saturated carbocycles. The van der Waals surface area contributed by atoms with Crippen LogP contribution in [0.25, 0.3) is 5.69 Å². The number of nitrogens with one attached hydrogen (secondary N) is 2. The lowest BCUT2D eigenvalue weighted by molar-refractivity contribution is -0.136. The Hall–Kier alpha value is -4.91. The molecule has 13 nitrogen and oxygen atoms in total. The highest BCUT2D eigenvalue weighted by atomic mass is 16.5. The molecule has 0 spiro atoms. The first-order chi connectivity index (χ1) is 19.9. The lowest BCUT2D eigenvalue weighted by Gasteiger charge is -2.42. The monoisotopic (exact) mass is 575 g/mol. The summed E-state index contributed by atoms with van der Waals surface area (Å²) in [5.41, 5.74) is 11.6. The third-order valence-corrected chi connectivity index (χ3v) is 7.48. The van der Waals surface area contributed by atoms with E-state index in [0.29, 0.717) is 42.0 Å². The minimum absolute atomic E-state index is 0.120. The molecule has 3 aromatic rings. The van der Waals surface area contributed by atoms with Gasteiger partial charge in [0.25, 0.3) is 0 Å². The fourth-order valence-corrected chi connectivity index (χ4v) is 5.36. The number of aromatic nitrogens is 3. The van der Waals surface area contributed by atoms with Gasteiger partial charge in [0.15, 0.2) is 11.7 Å². The van der Waals surface area contributed by atoms with Crippen LogP contribution in [0.5, 0.6) is 11.5 Å². The maximum absolute atomic E-state index is 13.8. The summed E-state index contributed by atoms with van der Waals surface area (Å²) in [6.07, 6.45) is 2.75. The molecule has 0 fully saturated rings. The highest BCUT2D eigenvalue weighted by molar-refractivity contribution is 5.94. The number of carbonyl (C=O) groups is 2. The molecule has 0 radical (unpaired) electrons. The predicted octanol–water partition coefficient (Wildman–Crippen LogP) is 1.20. The maximum atomic E-state index is 13.8. The van der Waals surface area contributed by atoms with Gasteiger partial charge in [-0.2, -0.15) is 0 Å². The van der Waals surface area contributed by atoms with E-state index in [1.807, 2.05) is 19.9 Å². The number of carbonyl (C=O) groups excluding carboxylic acids is 2. The fraction of sp³-hybridized carbons (Fsp3) is 0.345. The number of ketones is 1. The molecule has 0 saturated heterocycles. The quantitative estimate of drug-likeness (QED) is 0.0582. The fourth-order valence-electron chi connectivity index (χ4n) is 5.36. The number of hydrogen-bond acceptors (Lipinski definition) is 8. The summed E-state index contributed by atoms with van der Waals surface area (Å²) in [7, 11) is 0. The Bertz CT molecular complexity index is 1730. The zero-order valence-electron chi connectivity index (χ0n) is 23.5. The van der Waals surface area contributed by atoms with Crippen molar-refractivity contribution in [3.63, 3.8) is 0 Å². The SMILES string of the molecule is CC(=O)c1ccc(-n2c(=O)n3n(c2=O)C2C(=CC3)C(C)(C)Oc3cc(OC(=O)[C@@H](N)CCCNC(=N)N)ccc32)cc1. The molecule has 2 atom stereocenters. The van der Waals surface area contributed by atoms with Gasteiger partial charge in [-0.25, -0.2) is 28.3 Å². The topological polar surface area (TPSA) is 189 Å². The van der Waals surface area contributed by atoms with E-state index in [2.05, 4.69) is 5.32 Å². The molecule has 1 unspecified atom stereocenters. The van der Waals surface area contributed by atoms with E-state index in [0.717, 1.165) is 10.1 Å². The Morgan fingerprint density at radius 3 is 2.55 bits per heavy atom. The molecule has 6 N–H and O–H groups in total. The van der Waals surface area contributed by atoms with Gasteiger partial charge in [-0.3, -0.25) is 10.2 Å². The molecule has 2 aromatic carbocycles. The molecule has 5 rings (SSSR count). The zero-order chi connectivity index (χ0) is 30.3. The van der Waals surface area contributed by atoms with E-state index in [4.69, 9.17) is 26.4 Å². The van der Waals surface area contributed by atoms with E-state index in [-0.39, 0.29) is 24.0 Å². The first-order valence-corrected chi connectivity index (χ1v) is 13.5. The number of ether oxygens (including phenoxy) is 2. The molecule has 0 amide bonds. The second-order valence-electron chi connectivity index (χ2n) is 10.8. The van der Waals surface area contributed by atoms with Gasteiger partial charge in [0.2, 0.25) is 0 Å². The van der Waals surface area contributed by atoms with Crippen LogP contribution in [-0.4, -0.2) is 49.8 Å². The molecule has 3 heterocycles. The normalized spacial score (nSPS) is 17.0. The van der Waals surface area contributed by atoms with Crippen molar-refractivity contribution in [2.75, 3.05) is 6.54 Å². The average molecular weight is 576 g/mol. The first kappa shape index (κ1) is 28.6. The summed E-state index contributed by atoms with van der Waals surface area (Å²) in [4.78, 5) is 51.6. The second-order valence-corrected chi connectivity index (χ2v) is 10.8. The van der Waals surface area contributed by atoms with Crippen LogP contribution in [0.1, 0.15) is 55.6 Å². The van der Waals surface area contributed by atoms with Crippen LogP contribution in [0.3, 0.4) is 0 Å². The van der Waals surface area contributed by atoms with Crippen LogP contribution in [-0.2, 0) is 11.3 Å². The Labute approximate surface area is 240 Å². The summed E-state index contributed by atoms with van der Waals surface area (Å²) in [6, 6.07) is 9.68. The minimum atomic E-state index is -0.877. The summed E-state index contributed by atoms with van der Waals surface area (Å²) in [5, 5.41) is 9.84. The van der Waals surface area contributed by atoms with Gasteiger partial charge in [-0.05, 0) is 75.6 Å². The highest BCUT2D eigenvalue weighted by Crippen LogP contribution is 2.47. The standard InChI is InChI=1S/C29H33N7O6/c1-16(37)17-6-8-18(9-7-17)35-27(39)34-14-12-21-24(36(34)28(35)40)20-11-10-19(15-23(20)42-29(21,2)3)41-25(38)22(30)5-4-13-33-26(31)32/h6-12,15,22,24H,4-5,13-14,30H2,1-3H3,(H4,31,32,33)/t22-,24?/m0/s1. The number of nitrogens with two attached hydrogens (primary N) is 2. The van der Waals surface area contributed by atoms with Crippen molar-refractivity contribution in [1.82, 2.24) is 19.2 Å². The Kier molecular flexibility index (Phi) is 7.37. The van der Waals surface area contributed by atoms with E-state index in [9.17, 15) is 19.2 Å². The predicted molar refractivity (Wildman–Crippen MR) is 154 cm³/mol. The van der Waals surface area contributed by atoms with Crippen molar-refractivity contribution in [3.8, 4) is 17.2 Å². The van der Waals surface area contributed by atoms with Crippen LogP contribution in [0.15, 0.2) is 63.7 Å². The van der Waals surface area contributed by atoms with Crippen molar-refractivity contribution in [1.29, 1.82) is 5.41 Å². The van der Waals surface area contributed by atoms with Crippen molar-refractivity contribution >= 4 is 17.7 Å². The average Bonchev–Trinajstić information content (AvgIpc) is 3.19. The number of benzene rings is 2. The highest BCUT2D eigenvalue weighted by Gasteiger charge is 2.44. The van der Waals surface area contributed by atoms with Crippen LogP contribution in [0, 0.1) is 5.41 Å². The van der Waals surface area contributed by atoms with Gasteiger partial charge in [0.05, 0.1) is 12.2 Å². The van der Waals surface area contributed by atoms with Crippen LogP contribution in [0.2, 0.25) is 0 Å². The number of allylic oxidation sites excluding steroid dienone is 1. The first-order valence-electron chi connectivity index (χ1n) is 13.5. The molecule has 2 aliphatic heterocycles. The maximum Gasteiger partial charge on any atom is 0.352 e. The van der Waals surface area contributed by atoms with Crippen molar-refractivity contribution in [2.24, 2.45) is 11.5 Å². The van der Waals surface area contributed by atoms with E-state index < -0.39 is 35.0 Å². The number of rotatable bonds is 8. The molecule has 2 aliphatic rings. The smallest absolute Gasteiger partial charge is 0.352 e. The minimum Gasteiger partial charge on any atom is -0.483 e. The number of esters is 1. The molecule has 0 aliphatic carbocycles. The van der Waals surface area contributed by atoms with Crippen molar-refractivity contribution in [2.45, 2.75) is 57.8 Å². The molecule has 1 aromatic heterocycles. The second kappa shape index (κ2) is 10.8. The zero-order valence-corrected chi connectivity index (χ0v) is 23.5. The van der Waals surface area contributed by atoms with Crippen LogP contribution >= 0.6 is 0 Å². The summed E-state index contributed by atoms with van der Waals surface area (Å²) in [6.45, 7) is 5.77. The van der Waals surface area contributed by atoms with Gasteiger partial charge in [0, 0.05) is 23.7 Å². The number of hydrogen-bond donors (Lipinski definition) is 4. The third kappa shape index (κ3) is 5.14. The van der Waals surface area contributed by atoms with Gasteiger partial charge in [0.1, 0.15) is 29.2 Å². The lowest BCUT2D eigenvalue weighted by Crippen LogP contribution is -2.46. The van der Waals surface area contributed by atoms with E-state index in [1.54, 1.807) is 42.5 Å². The summed E-state index contributed by atoms with van der Waals surface area (Å²) < 4.78 is 15.7. The molecular weight excluding hydrogens is 542 g/mol. The summed E-state index contributed by atoms with van der Waals surface area (Å²) in [5.74, 6) is -0.269. The van der Waals surface area contributed by atoms with Crippen LogP contribution < -0.4 is 37.6 Å². The van der Waals surface area contributed by atoms with Gasteiger partial charge < -0.3 is 26.3 Å². The summed E-state index contributed by atoms with van der Waals surface area (Å²) >= 11 is 0. The Balaban J connectivity index is 1.47. The van der Waals surface area contributed by atoms with Crippen molar-refractivity contribution < 1.29 is 19.1 Å². The lowest BCUT2D eigenvalue weighted by atomic mass is 9.83. The molecule has 42 heavy (non-hydrogen) atoms. The molecular formula is C29H33N7O6. The number of Topliss-reactive ketones (excluding diaryl/α,β-unsaturated/α-hetero) is 1. The van der Waals surface area contributed by atoms with E-state index in [1.165, 1.54) is 16.3 Å².